The SMILES string of the molecule is CN1C(=O)C(N2CCC(NC(=O)Nc3ccccc3)CC2)C=[N+](C)C1=O. The summed E-state index contributed by atoms with van der Waals surface area (Å²) in [4.78, 5) is 39.5. The van der Waals surface area contributed by atoms with E-state index in [4.69, 9.17) is 0 Å². The van der Waals surface area contributed by atoms with Crippen LogP contribution in [-0.2, 0) is 4.79 Å². The molecular formula is C18H24N5O3+. The van der Waals surface area contributed by atoms with Gasteiger partial charge in [0.25, 0.3) is 0 Å². The maximum atomic E-state index is 12.4. The lowest BCUT2D eigenvalue weighted by atomic mass is 10.0. The van der Waals surface area contributed by atoms with Crippen LogP contribution >= 0.6 is 0 Å². The van der Waals surface area contributed by atoms with Crippen LogP contribution in [0, 0.1) is 0 Å². The highest BCUT2D eigenvalue weighted by molar-refractivity contribution is 6.06. The van der Waals surface area contributed by atoms with Crippen LogP contribution < -0.4 is 10.6 Å². The molecule has 0 spiro atoms. The molecule has 0 radical (unpaired) electrons. The summed E-state index contributed by atoms with van der Waals surface area (Å²) in [5, 5.41) is 5.79. The Labute approximate surface area is 152 Å². The van der Waals surface area contributed by atoms with Crippen molar-refractivity contribution in [2.45, 2.75) is 24.9 Å². The Morgan fingerprint density at radius 1 is 1.15 bits per heavy atom. The molecule has 0 aromatic heterocycles. The molecule has 8 heteroatoms. The lowest BCUT2D eigenvalue weighted by molar-refractivity contribution is -0.401. The van der Waals surface area contributed by atoms with Crippen molar-refractivity contribution in [3.63, 3.8) is 0 Å². The highest BCUT2D eigenvalue weighted by atomic mass is 16.2. The number of likely N-dealkylation sites (tertiary alicyclic amines) is 1. The minimum absolute atomic E-state index is 0.0609. The van der Waals surface area contributed by atoms with Gasteiger partial charge in [-0.15, -0.1) is 0 Å². The second-order valence-corrected chi connectivity index (χ2v) is 6.66. The minimum Gasteiger partial charge on any atom is -0.335 e. The number of likely N-dealkylation sites (N-methyl/N-ethyl adjacent to an activating group) is 1. The topological polar surface area (TPSA) is 84.8 Å². The van der Waals surface area contributed by atoms with Crippen LogP contribution in [0.1, 0.15) is 12.8 Å². The third-order valence-electron chi connectivity index (χ3n) is 4.83. The fraction of sp³-hybridized carbons (Fsp3) is 0.444. The summed E-state index contributed by atoms with van der Waals surface area (Å²) in [6.07, 6.45) is 3.17. The lowest BCUT2D eigenvalue weighted by Gasteiger charge is -2.36. The number of nitrogens with one attached hydrogen (secondary N) is 2. The fourth-order valence-corrected chi connectivity index (χ4v) is 3.32. The van der Waals surface area contributed by atoms with E-state index in [0.29, 0.717) is 13.1 Å². The third kappa shape index (κ3) is 3.91. The summed E-state index contributed by atoms with van der Waals surface area (Å²) in [6.45, 7) is 1.36. The molecule has 2 heterocycles. The van der Waals surface area contributed by atoms with Gasteiger partial charge in [0, 0.05) is 24.8 Å². The van der Waals surface area contributed by atoms with Crippen molar-refractivity contribution in [3.8, 4) is 0 Å². The molecule has 0 aliphatic carbocycles. The molecule has 3 rings (SSSR count). The van der Waals surface area contributed by atoms with E-state index >= 15 is 0 Å². The Hall–Kier alpha value is -2.74. The van der Waals surface area contributed by atoms with E-state index in [1.165, 1.54) is 11.6 Å². The van der Waals surface area contributed by atoms with E-state index in [2.05, 4.69) is 15.5 Å². The van der Waals surface area contributed by atoms with Gasteiger partial charge in [0.05, 0.1) is 14.1 Å². The number of imide groups is 1. The molecule has 5 amide bonds. The number of amides is 5. The average molecular weight is 358 g/mol. The highest BCUT2D eigenvalue weighted by Gasteiger charge is 2.42. The zero-order valence-corrected chi connectivity index (χ0v) is 15.0. The molecule has 0 saturated carbocycles. The van der Waals surface area contributed by atoms with E-state index < -0.39 is 6.04 Å². The van der Waals surface area contributed by atoms with Crippen molar-refractivity contribution in [2.24, 2.45) is 0 Å². The lowest BCUT2D eigenvalue weighted by Crippen LogP contribution is -2.59. The van der Waals surface area contributed by atoms with Gasteiger partial charge in [-0.2, -0.15) is 9.69 Å². The molecular weight excluding hydrogens is 334 g/mol. The summed E-state index contributed by atoms with van der Waals surface area (Å²) in [5.41, 5.74) is 0.751. The van der Waals surface area contributed by atoms with E-state index in [9.17, 15) is 14.4 Å². The van der Waals surface area contributed by atoms with Crippen LogP contribution in [0.15, 0.2) is 30.3 Å². The van der Waals surface area contributed by atoms with Gasteiger partial charge >= 0.3 is 18.0 Å². The molecule has 8 nitrogen and oxygen atoms in total. The van der Waals surface area contributed by atoms with Crippen LogP contribution in [0.2, 0.25) is 0 Å². The Morgan fingerprint density at radius 2 is 1.81 bits per heavy atom. The van der Waals surface area contributed by atoms with E-state index in [0.717, 1.165) is 23.4 Å². The van der Waals surface area contributed by atoms with Crippen molar-refractivity contribution in [1.29, 1.82) is 0 Å². The number of anilines is 1. The van der Waals surface area contributed by atoms with Crippen molar-refractivity contribution in [1.82, 2.24) is 15.1 Å². The first-order chi connectivity index (χ1) is 12.5. The second-order valence-electron chi connectivity index (χ2n) is 6.66. The van der Waals surface area contributed by atoms with Crippen LogP contribution in [-0.4, -0.2) is 77.8 Å². The minimum atomic E-state index is -0.429. The molecule has 2 aliphatic heterocycles. The molecule has 1 saturated heterocycles. The van der Waals surface area contributed by atoms with Gasteiger partial charge in [-0.25, -0.2) is 14.2 Å². The first-order valence-electron chi connectivity index (χ1n) is 8.71. The normalized spacial score (nSPS) is 22.2. The van der Waals surface area contributed by atoms with Gasteiger partial charge in [-0.3, -0.25) is 4.90 Å². The summed E-state index contributed by atoms with van der Waals surface area (Å²) >= 11 is 0. The van der Waals surface area contributed by atoms with Crippen LogP contribution in [0.3, 0.4) is 0 Å². The first kappa shape index (κ1) is 18.1. The van der Waals surface area contributed by atoms with E-state index in [1.807, 2.05) is 30.3 Å². The standard InChI is InChI=1S/C18H23N5O3/c1-21-12-15(16(24)22(2)18(21)26)23-10-8-14(9-11-23)20-17(25)19-13-6-4-3-5-7-13/h3-7,12,14-15H,8-11H2,1-2H3,(H-,19,20,25)/p+1. The van der Waals surface area contributed by atoms with Crippen LogP contribution in [0.4, 0.5) is 15.3 Å². The zero-order valence-electron chi connectivity index (χ0n) is 15.0. The zero-order chi connectivity index (χ0) is 18.7. The third-order valence-corrected chi connectivity index (χ3v) is 4.83. The highest BCUT2D eigenvalue weighted by Crippen LogP contribution is 2.16. The number of urea groups is 2. The number of piperidine rings is 1. The summed E-state index contributed by atoms with van der Waals surface area (Å²) in [6, 6.07) is 8.38. The number of hydrogen-bond donors (Lipinski definition) is 2. The van der Waals surface area contributed by atoms with Gasteiger partial charge in [-0.1, -0.05) is 18.2 Å². The van der Waals surface area contributed by atoms with Crippen molar-refractivity contribution < 1.29 is 19.0 Å². The molecule has 26 heavy (non-hydrogen) atoms. The van der Waals surface area contributed by atoms with Crippen molar-refractivity contribution in [2.75, 3.05) is 32.5 Å². The number of carbonyl (C=O) groups excluding carboxylic acids is 3. The van der Waals surface area contributed by atoms with Gasteiger partial charge in [0.2, 0.25) is 0 Å². The number of hydrogen-bond acceptors (Lipinski definition) is 4. The number of para-hydroxylation sites is 1. The smallest absolute Gasteiger partial charge is 0.335 e. The van der Waals surface area contributed by atoms with Gasteiger partial charge < -0.3 is 10.6 Å². The second kappa shape index (κ2) is 7.65. The Kier molecular flexibility index (Phi) is 5.32. The maximum Gasteiger partial charge on any atom is 0.500 e. The molecule has 1 aromatic rings. The molecule has 1 atom stereocenters. The van der Waals surface area contributed by atoms with Crippen molar-refractivity contribution in [3.05, 3.63) is 30.3 Å². The van der Waals surface area contributed by atoms with Gasteiger partial charge in [-0.05, 0) is 25.0 Å². The maximum absolute atomic E-state index is 12.4. The monoisotopic (exact) mass is 358 g/mol. The van der Waals surface area contributed by atoms with E-state index in [1.54, 1.807) is 13.3 Å². The number of benzene rings is 1. The quantitative estimate of drug-likeness (QED) is 0.788. The Balaban J connectivity index is 1.52. The molecule has 0 bridgehead atoms. The van der Waals surface area contributed by atoms with Gasteiger partial charge in [0.15, 0.2) is 6.04 Å². The van der Waals surface area contributed by atoms with Gasteiger partial charge in [0.1, 0.15) is 6.21 Å². The number of nitrogens with zero attached hydrogens (tertiary/aromatic N) is 3. The summed E-state index contributed by atoms with van der Waals surface area (Å²) in [5.74, 6) is -0.207. The van der Waals surface area contributed by atoms with Crippen LogP contribution in [0.25, 0.3) is 0 Å². The number of carbonyl (C=O) groups is 3. The molecule has 1 aromatic carbocycles. The average Bonchev–Trinajstić information content (AvgIpc) is 2.64. The summed E-state index contributed by atoms with van der Waals surface area (Å²) < 4.78 is 1.45. The first-order valence-corrected chi connectivity index (χ1v) is 8.71. The predicted octanol–water partition coefficient (Wildman–Crippen LogP) is 0.946. The van der Waals surface area contributed by atoms with Crippen LogP contribution in [0.5, 0.6) is 0 Å². The fourth-order valence-electron chi connectivity index (χ4n) is 3.32. The molecule has 138 valence electrons. The molecule has 1 unspecified atom stereocenters. The summed E-state index contributed by atoms with van der Waals surface area (Å²) in [7, 11) is 3.16. The number of rotatable bonds is 3. The Morgan fingerprint density at radius 3 is 2.46 bits per heavy atom. The molecule has 2 aliphatic rings. The Bertz CT molecular complexity index is 726. The largest absolute Gasteiger partial charge is 0.500 e. The van der Waals surface area contributed by atoms with E-state index in [-0.39, 0.29) is 24.0 Å². The predicted molar refractivity (Wildman–Crippen MR) is 97.4 cm³/mol. The molecule has 1 fully saturated rings. The van der Waals surface area contributed by atoms with Crippen molar-refractivity contribution >= 4 is 29.9 Å². The molecule has 2 N–H and O–H groups in total.